The van der Waals surface area contributed by atoms with Crippen LogP contribution in [0.3, 0.4) is 0 Å². The molecule has 0 amide bonds. The van der Waals surface area contributed by atoms with Crippen molar-refractivity contribution in [2.75, 3.05) is 0 Å². The van der Waals surface area contributed by atoms with Crippen LogP contribution in [0.25, 0.3) is 0 Å². The third-order valence-electron chi connectivity index (χ3n) is 2.54. The van der Waals surface area contributed by atoms with Crippen molar-refractivity contribution in [1.82, 2.24) is 0 Å². The van der Waals surface area contributed by atoms with Crippen molar-refractivity contribution in [2.45, 2.75) is 26.7 Å². The molecule has 1 aliphatic rings. The van der Waals surface area contributed by atoms with Crippen LogP contribution in [0.2, 0.25) is 0 Å². The Morgan fingerprint density at radius 1 is 1.50 bits per heavy atom. The molecule has 0 aromatic rings. The Morgan fingerprint density at radius 3 is 2.70 bits per heavy atom. The second kappa shape index (κ2) is 3.24. The first-order chi connectivity index (χ1) is 4.74. The van der Waals surface area contributed by atoms with Crippen LogP contribution in [0, 0.1) is 11.8 Å². The largest absolute Gasteiger partial charge is 0.449 e. The van der Waals surface area contributed by atoms with Crippen LogP contribution in [-0.2, 0) is 0 Å². The van der Waals surface area contributed by atoms with Gasteiger partial charge in [-0.15, -0.1) is 0 Å². The quantitative estimate of drug-likeness (QED) is 0.541. The van der Waals surface area contributed by atoms with Gasteiger partial charge in [0.1, 0.15) is 0 Å². The average Bonchev–Trinajstić information content (AvgIpc) is 1.95. The molecule has 2 atom stereocenters. The Morgan fingerprint density at radius 2 is 2.20 bits per heavy atom. The summed E-state index contributed by atoms with van der Waals surface area (Å²) in [7, 11) is 0.261. The van der Waals surface area contributed by atoms with Gasteiger partial charge in [0.25, 0.3) is 7.48 Å². The molecule has 1 N–H and O–H groups in total. The van der Waals surface area contributed by atoms with E-state index in [1.54, 1.807) is 0 Å². The van der Waals surface area contributed by atoms with E-state index in [1.807, 2.05) is 0 Å². The van der Waals surface area contributed by atoms with E-state index in [0.29, 0.717) is 0 Å². The molecule has 0 heterocycles. The minimum atomic E-state index is 0.261. The molecule has 2 heteroatoms. The summed E-state index contributed by atoms with van der Waals surface area (Å²) in [5.41, 5.74) is 1.23. The maximum Gasteiger partial charge on any atom is 0.300 e. The van der Waals surface area contributed by atoms with Crippen molar-refractivity contribution in [3.05, 3.63) is 11.5 Å². The Balaban J connectivity index is 2.52. The predicted octanol–water partition coefficient (Wildman–Crippen LogP) is 1.28. The summed E-state index contributed by atoms with van der Waals surface area (Å²) >= 11 is 0. The summed E-state index contributed by atoms with van der Waals surface area (Å²) < 4.78 is 0. The lowest BCUT2D eigenvalue weighted by molar-refractivity contribution is 0.373. The van der Waals surface area contributed by atoms with Gasteiger partial charge in [-0.2, -0.15) is 0 Å². The van der Waals surface area contributed by atoms with Gasteiger partial charge in [-0.05, 0) is 24.7 Å². The van der Waals surface area contributed by atoms with E-state index >= 15 is 0 Å². The Labute approximate surface area is 63.4 Å². The van der Waals surface area contributed by atoms with Gasteiger partial charge in [-0.1, -0.05) is 25.4 Å². The first kappa shape index (κ1) is 7.87. The Kier molecular flexibility index (Phi) is 2.55. The molecule has 56 valence electrons. The van der Waals surface area contributed by atoms with Crippen LogP contribution in [0.15, 0.2) is 11.5 Å². The molecule has 0 aliphatic heterocycles. The van der Waals surface area contributed by atoms with Crippen LogP contribution >= 0.6 is 0 Å². The third kappa shape index (κ3) is 1.63. The second-order valence-corrected chi connectivity index (χ2v) is 3.41. The Bertz CT molecular complexity index is 142. The molecule has 0 saturated carbocycles. The third-order valence-corrected chi connectivity index (χ3v) is 2.54. The number of rotatable bonds is 1. The standard InChI is InChI=1S/C8H15BO/c1-6-3-4-8(9-10)5-7(6)2/h4,6-7,9-10H,3,5H2,1-2H3. The SMILES string of the molecule is CC1CC=C(BO)CC1C. The number of hydrogen-bond donors (Lipinski definition) is 1. The zero-order valence-electron chi connectivity index (χ0n) is 6.80. The van der Waals surface area contributed by atoms with Gasteiger partial charge < -0.3 is 5.02 Å². The molecule has 1 nitrogen and oxygen atoms in total. The summed E-state index contributed by atoms with van der Waals surface area (Å²) in [6.45, 7) is 4.53. The normalized spacial score (nSPS) is 33.3. The maximum absolute atomic E-state index is 8.83. The van der Waals surface area contributed by atoms with Crippen molar-refractivity contribution in [3.63, 3.8) is 0 Å². The monoisotopic (exact) mass is 138 g/mol. The lowest BCUT2D eigenvalue weighted by Gasteiger charge is -2.24. The van der Waals surface area contributed by atoms with Gasteiger partial charge in [-0.25, -0.2) is 0 Å². The first-order valence-electron chi connectivity index (χ1n) is 4.02. The van der Waals surface area contributed by atoms with Crippen LogP contribution < -0.4 is 0 Å². The molecular weight excluding hydrogens is 123 g/mol. The summed E-state index contributed by atoms with van der Waals surface area (Å²) in [6, 6.07) is 0. The van der Waals surface area contributed by atoms with E-state index in [4.69, 9.17) is 5.02 Å². The highest BCUT2D eigenvalue weighted by Crippen LogP contribution is 2.27. The molecule has 1 aliphatic carbocycles. The zero-order chi connectivity index (χ0) is 7.56. The van der Waals surface area contributed by atoms with Crippen LogP contribution in [0.4, 0.5) is 0 Å². The highest BCUT2D eigenvalue weighted by molar-refractivity contribution is 6.36. The van der Waals surface area contributed by atoms with Crippen molar-refractivity contribution >= 4 is 7.48 Å². The molecule has 0 spiro atoms. The summed E-state index contributed by atoms with van der Waals surface area (Å²) in [4.78, 5) is 0. The van der Waals surface area contributed by atoms with Crippen LogP contribution in [-0.4, -0.2) is 12.5 Å². The van der Waals surface area contributed by atoms with Crippen LogP contribution in [0.5, 0.6) is 0 Å². The first-order valence-corrected chi connectivity index (χ1v) is 4.02. The van der Waals surface area contributed by atoms with Crippen molar-refractivity contribution in [2.24, 2.45) is 11.8 Å². The van der Waals surface area contributed by atoms with Gasteiger partial charge in [0, 0.05) is 0 Å². The summed E-state index contributed by atoms with van der Waals surface area (Å²) in [5, 5.41) is 8.83. The topological polar surface area (TPSA) is 20.2 Å². The van der Waals surface area contributed by atoms with E-state index in [0.717, 1.165) is 24.7 Å². The molecule has 0 aromatic heterocycles. The molecule has 1 rings (SSSR count). The fourth-order valence-corrected chi connectivity index (χ4v) is 1.41. The number of hydrogen-bond acceptors (Lipinski definition) is 1. The minimum Gasteiger partial charge on any atom is -0.449 e. The fourth-order valence-electron chi connectivity index (χ4n) is 1.41. The highest BCUT2D eigenvalue weighted by atomic mass is 16.2. The summed E-state index contributed by atoms with van der Waals surface area (Å²) in [5.74, 6) is 1.56. The van der Waals surface area contributed by atoms with Gasteiger partial charge in [0.2, 0.25) is 0 Å². The summed E-state index contributed by atoms with van der Waals surface area (Å²) in [6.07, 6.45) is 4.43. The fraction of sp³-hybridized carbons (Fsp3) is 0.750. The Hall–Kier alpha value is -0.235. The van der Waals surface area contributed by atoms with E-state index < -0.39 is 0 Å². The average molecular weight is 138 g/mol. The highest BCUT2D eigenvalue weighted by Gasteiger charge is 2.17. The van der Waals surface area contributed by atoms with Crippen LogP contribution in [0.1, 0.15) is 26.7 Å². The molecule has 0 aromatic carbocycles. The smallest absolute Gasteiger partial charge is 0.300 e. The van der Waals surface area contributed by atoms with Crippen molar-refractivity contribution < 1.29 is 5.02 Å². The van der Waals surface area contributed by atoms with Gasteiger partial charge in [0.15, 0.2) is 0 Å². The van der Waals surface area contributed by atoms with E-state index in [9.17, 15) is 0 Å². The molecule has 10 heavy (non-hydrogen) atoms. The van der Waals surface area contributed by atoms with E-state index in [1.165, 1.54) is 5.47 Å². The minimum absolute atomic E-state index is 0.261. The predicted molar refractivity (Wildman–Crippen MR) is 45.0 cm³/mol. The van der Waals surface area contributed by atoms with Gasteiger partial charge in [-0.3, -0.25) is 0 Å². The molecular formula is C8H15BO. The number of allylic oxidation sites excluding steroid dienone is 2. The van der Waals surface area contributed by atoms with Gasteiger partial charge in [0.05, 0.1) is 0 Å². The maximum atomic E-state index is 8.83. The lowest BCUT2D eigenvalue weighted by atomic mass is 9.72. The molecule has 0 saturated heterocycles. The lowest BCUT2D eigenvalue weighted by Crippen LogP contribution is -2.15. The van der Waals surface area contributed by atoms with Gasteiger partial charge >= 0.3 is 0 Å². The van der Waals surface area contributed by atoms with Crippen molar-refractivity contribution in [1.29, 1.82) is 0 Å². The molecule has 0 radical (unpaired) electrons. The van der Waals surface area contributed by atoms with E-state index in [-0.39, 0.29) is 7.48 Å². The van der Waals surface area contributed by atoms with Crippen molar-refractivity contribution in [3.8, 4) is 0 Å². The van der Waals surface area contributed by atoms with E-state index in [2.05, 4.69) is 19.9 Å². The molecule has 0 bridgehead atoms. The second-order valence-electron chi connectivity index (χ2n) is 3.41. The molecule has 0 fully saturated rings. The zero-order valence-corrected chi connectivity index (χ0v) is 6.80. The molecule has 2 unspecified atom stereocenters.